The average Bonchev–Trinajstić information content (AvgIpc) is 2.36. The summed E-state index contributed by atoms with van der Waals surface area (Å²) in [6.45, 7) is 0.487. The standard InChI is InChI=1S/C12H19F3N2O3S/c13-12(14,15)9-1-4-17(5-2-9)11(18)7-10-8-21(19,20)6-3-16-10/h9-10,16H,1-8H2. The van der Waals surface area contributed by atoms with Gasteiger partial charge in [-0.1, -0.05) is 0 Å². The number of carbonyl (C=O) groups excluding carboxylic acids is 1. The predicted molar refractivity (Wildman–Crippen MR) is 70.4 cm³/mol. The Hall–Kier alpha value is -0.830. The van der Waals surface area contributed by atoms with Crippen LogP contribution in [0.5, 0.6) is 0 Å². The fourth-order valence-electron chi connectivity index (χ4n) is 2.79. The van der Waals surface area contributed by atoms with Crippen LogP contribution >= 0.6 is 0 Å². The molecule has 0 aromatic heterocycles. The number of halogens is 3. The second-order valence-electron chi connectivity index (χ2n) is 5.67. The first-order chi connectivity index (χ1) is 9.67. The lowest BCUT2D eigenvalue weighted by molar-refractivity contribution is -0.186. The van der Waals surface area contributed by atoms with Crippen LogP contribution < -0.4 is 5.32 Å². The van der Waals surface area contributed by atoms with E-state index in [2.05, 4.69) is 5.32 Å². The first kappa shape index (κ1) is 16.5. The van der Waals surface area contributed by atoms with Crippen molar-refractivity contribution < 1.29 is 26.4 Å². The van der Waals surface area contributed by atoms with Crippen LogP contribution in [0.4, 0.5) is 13.2 Å². The molecule has 0 saturated carbocycles. The molecule has 122 valence electrons. The van der Waals surface area contributed by atoms with E-state index in [0.717, 1.165) is 0 Å². The van der Waals surface area contributed by atoms with E-state index in [-0.39, 0.29) is 49.8 Å². The second-order valence-corrected chi connectivity index (χ2v) is 7.89. The minimum absolute atomic E-state index is 0.0237. The first-order valence-corrected chi connectivity index (χ1v) is 8.78. The van der Waals surface area contributed by atoms with Crippen molar-refractivity contribution in [3.63, 3.8) is 0 Å². The molecule has 0 radical (unpaired) electrons. The molecule has 1 unspecified atom stereocenters. The third kappa shape index (κ3) is 4.57. The van der Waals surface area contributed by atoms with E-state index in [1.807, 2.05) is 0 Å². The molecule has 21 heavy (non-hydrogen) atoms. The molecule has 0 aliphatic carbocycles. The summed E-state index contributed by atoms with van der Waals surface area (Å²) in [7, 11) is -3.12. The number of nitrogens with zero attached hydrogens (tertiary/aromatic N) is 1. The van der Waals surface area contributed by atoms with Crippen molar-refractivity contribution in [1.82, 2.24) is 10.2 Å². The fourth-order valence-corrected chi connectivity index (χ4v) is 4.24. The van der Waals surface area contributed by atoms with E-state index >= 15 is 0 Å². The van der Waals surface area contributed by atoms with E-state index in [1.54, 1.807) is 0 Å². The number of amides is 1. The molecule has 2 saturated heterocycles. The van der Waals surface area contributed by atoms with E-state index in [0.29, 0.717) is 6.54 Å². The number of alkyl halides is 3. The molecule has 0 aromatic rings. The van der Waals surface area contributed by atoms with Crippen molar-refractivity contribution >= 4 is 15.7 Å². The van der Waals surface area contributed by atoms with E-state index in [4.69, 9.17) is 0 Å². The van der Waals surface area contributed by atoms with Crippen LogP contribution in [0.1, 0.15) is 19.3 Å². The number of piperidine rings is 1. The lowest BCUT2D eigenvalue weighted by atomic mass is 9.96. The van der Waals surface area contributed by atoms with Crippen molar-refractivity contribution in [3.8, 4) is 0 Å². The number of likely N-dealkylation sites (tertiary alicyclic amines) is 1. The molecule has 2 rings (SSSR count). The predicted octanol–water partition coefficient (Wildman–Crippen LogP) is 0.564. The summed E-state index contributed by atoms with van der Waals surface area (Å²) in [6, 6.07) is -0.434. The van der Waals surface area contributed by atoms with Crippen molar-refractivity contribution in [2.45, 2.75) is 31.5 Å². The Balaban J connectivity index is 1.83. The minimum atomic E-state index is -4.20. The van der Waals surface area contributed by atoms with E-state index in [9.17, 15) is 26.4 Å². The van der Waals surface area contributed by atoms with Crippen LogP contribution in [0, 0.1) is 5.92 Å². The zero-order valence-corrected chi connectivity index (χ0v) is 12.3. The number of sulfone groups is 1. The van der Waals surface area contributed by atoms with Crippen LogP contribution in [0.25, 0.3) is 0 Å². The van der Waals surface area contributed by atoms with Gasteiger partial charge >= 0.3 is 6.18 Å². The van der Waals surface area contributed by atoms with Gasteiger partial charge in [-0.2, -0.15) is 13.2 Å². The monoisotopic (exact) mass is 328 g/mol. The molecular weight excluding hydrogens is 309 g/mol. The van der Waals surface area contributed by atoms with E-state index in [1.165, 1.54) is 4.90 Å². The van der Waals surface area contributed by atoms with Gasteiger partial charge in [-0.25, -0.2) is 8.42 Å². The molecule has 2 aliphatic heterocycles. The van der Waals surface area contributed by atoms with Crippen molar-refractivity contribution in [1.29, 1.82) is 0 Å². The summed E-state index contributed by atoms with van der Waals surface area (Å²) in [5.41, 5.74) is 0. The Morgan fingerprint density at radius 3 is 2.38 bits per heavy atom. The Labute approximate surface area is 121 Å². The van der Waals surface area contributed by atoms with Crippen LogP contribution in [0.2, 0.25) is 0 Å². The third-order valence-corrected chi connectivity index (χ3v) is 5.77. The first-order valence-electron chi connectivity index (χ1n) is 6.96. The van der Waals surface area contributed by atoms with Crippen LogP contribution in [-0.2, 0) is 14.6 Å². The summed E-state index contributed by atoms with van der Waals surface area (Å²) in [6.07, 6.45) is -4.33. The summed E-state index contributed by atoms with van der Waals surface area (Å²) in [5, 5.41) is 2.97. The van der Waals surface area contributed by atoms with Gasteiger partial charge in [0.2, 0.25) is 5.91 Å². The fraction of sp³-hybridized carbons (Fsp3) is 0.917. The van der Waals surface area contributed by atoms with E-state index < -0.39 is 28.0 Å². The maximum absolute atomic E-state index is 12.5. The molecule has 2 heterocycles. The highest BCUT2D eigenvalue weighted by molar-refractivity contribution is 7.91. The van der Waals surface area contributed by atoms with Gasteiger partial charge in [0.25, 0.3) is 0 Å². The van der Waals surface area contributed by atoms with Crippen LogP contribution in [0.15, 0.2) is 0 Å². The van der Waals surface area contributed by atoms with Gasteiger partial charge in [0, 0.05) is 32.1 Å². The number of carbonyl (C=O) groups is 1. The summed E-state index contributed by atoms with van der Waals surface area (Å²) in [4.78, 5) is 13.5. The zero-order valence-electron chi connectivity index (χ0n) is 11.5. The Kier molecular flexibility index (Phi) is 4.82. The van der Waals surface area contributed by atoms with Gasteiger partial charge in [0.1, 0.15) is 0 Å². The highest BCUT2D eigenvalue weighted by Crippen LogP contribution is 2.34. The molecule has 2 aliphatic rings. The average molecular weight is 328 g/mol. The molecule has 1 N–H and O–H groups in total. The van der Waals surface area contributed by atoms with Crippen LogP contribution in [0.3, 0.4) is 0 Å². The van der Waals surface area contributed by atoms with Gasteiger partial charge in [0.05, 0.1) is 17.4 Å². The van der Waals surface area contributed by atoms with Gasteiger partial charge < -0.3 is 10.2 Å². The maximum Gasteiger partial charge on any atom is 0.391 e. The quantitative estimate of drug-likeness (QED) is 0.805. The number of hydrogen-bond acceptors (Lipinski definition) is 4. The SMILES string of the molecule is O=C(CC1CS(=O)(=O)CCN1)N1CCC(C(F)(F)F)CC1. The van der Waals surface area contributed by atoms with Gasteiger partial charge in [-0.15, -0.1) is 0 Å². The molecule has 0 spiro atoms. The topological polar surface area (TPSA) is 66.5 Å². The van der Waals surface area contributed by atoms with Crippen molar-refractivity contribution in [2.75, 3.05) is 31.1 Å². The molecule has 1 atom stereocenters. The third-order valence-electron chi connectivity index (χ3n) is 4.03. The molecular formula is C12H19F3N2O3S. The van der Waals surface area contributed by atoms with Crippen molar-refractivity contribution in [2.24, 2.45) is 5.92 Å². The molecule has 5 nitrogen and oxygen atoms in total. The maximum atomic E-state index is 12.5. The Morgan fingerprint density at radius 2 is 1.86 bits per heavy atom. The Bertz CT molecular complexity index is 484. The lowest BCUT2D eigenvalue weighted by Gasteiger charge is -2.34. The summed E-state index contributed by atoms with van der Waals surface area (Å²) >= 11 is 0. The zero-order chi connectivity index (χ0) is 15.7. The molecule has 9 heteroatoms. The molecule has 1 amide bonds. The highest BCUT2D eigenvalue weighted by atomic mass is 32.2. The number of hydrogen-bond donors (Lipinski definition) is 1. The highest BCUT2D eigenvalue weighted by Gasteiger charge is 2.41. The van der Waals surface area contributed by atoms with Gasteiger partial charge in [-0.3, -0.25) is 4.79 Å². The number of nitrogens with one attached hydrogen (secondary N) is 1. The lowest BCUT2D eigenvalue weighted by Crippen LogP contribution is -2.49. The molecule has 0 aromatic carbocycles. The minimum Gasteiger partial charge on any atom is -0.343 e. The smallest absolute Gasteiger partial charge is 0.343 e. The van der Waals surface area contributed by atoms with Gasteiger partial charge in [0.15, 0.2) is 9.84 Å². The second kappa shape index (κ2) is 6.12. The van der Waals surface area contributed by atoms with Crippen molar-refractivity contribution in [3.05, 3.63) is 0 Å². The molecule has 2 fully saturated rings. The summed E-state index contributed by atoms with van der Waals surface area (Å²) < 4.78 is 60.6. The summed E-state index contributed by atoms with van der Waals surface area (Å²) in [5.74, 6) is -1.63. The number of rotatable bonds is 2. The Morgan fingerprint density at radius 1 is 1.24 bits per heavy atom. The van der Waals surface area contributed by atoms with Gasteiger partial charge in [-0.05, 0) is 12.8 Å². The largest absolute Gasteiger partial charge is 0.391 e. The van der Waals surface area contributed by atoms with Crippen LogP contribution in [-0.4, -0.2) is 62.6 Å². The normalized spacial score (nSPS) is 27.6. The molecule has 0 bridgehead atoms.